The molecule has 0 bridgehead atoms. The van der Waals surface area contributed by atoms with Gasteiger partial charge in [-0.2, -0.15) is 0 Å². The number of nitrogens with one attached hydrogen (secondary N) is 1. The van der Waals surface area contributed by atoms with Gasteiger partial charge in [0.2, 0.25) is 0 Å². The minimum absolute atomic E-state index is 0.660. The second-order valence-electron chi connectivity index (χ2n) is 5.91. The highest BCUT2D eigenvalue weighted by Gasteiger charge is 2.16. The molecule has 2 heteroatoms. The Morgan fingerprint density at radius 3 is 1.94 bits per heavy atom. The summed E-state index contributed by atoms with van der Waals surface area (Å²) >= 11 is 0. The lowest BCUT2D eigenvalue weighted by Crippen LogP contribution is -2.44. The summed E-state index contributed by atoms with van der Waals surface area (Å²) in [4.78, 5) is 2.35. The molecule has 0 aromatic heterocycles. The zero-order chi connectivity index (χ0) is 12.7. The van der Waals surface area contributed by atoms with Gasteiger partial charge >= 0.3 is 0 Å². The van der Waals surface area contributed by atoms with Gasteiger partial charge in [0.15, 0.2) is 0 Å². The second-order valence-corrected chi connectivity index (χ2v) is 5.91. The average molecular weight is 228 g/mol. The van der Waals surface area contributed by atoms with Crippen molar-refractivity contribution in [3.63, 3.8) is 0 Å². The zero-order valence-electron chi connectivity index (χ0n) is 12.4. The van der Waals surface area contributed by atoms with Gasteiger partial charge in [0.1, 0.15) is 0 Å². The summed E-state index contributed by atoms with van der Waals surface area (Å²) in [5.41, 5.74) is 0. The molecular weight excluding hydrogens is 196 g/mol. The Kier molecular flexibility index (Phi) is 8.04. The van der Waals surface area contributed by atoms with Crippen molar-refractivity contribution in [2.75, 3.05) is 20.6 Å². The van der Waals surface area contributed by atoms with Gasteiger partial charge < -0.3 is 10.2 Å². The molecular formula is C14H32N2. The van der Waals surface area contributed by atoms with Gasteiger partial charge in [-0.15, -0.1) is 0 Å². The largest absolute Gasteiger partial charge is 0.312 e. The van der Waals surface area contributed by atoms with Crippen molar-refractivity contribution in [3.05, 3.63) is 0 Å². The van der Waals surface area contributed by atoms with Gasteiger partial charge in [0.05, 0.1) is 0 Å². The van der Waals surface area contributed by atoms with Crippen molar-refractivity contribution >= 4 is 0 Å². The summed E-state index contributed by atoms with van der Waals surface area (Å²) in [7, 11) is 4.37. The normalized spacial score (nSPS) is 16.1. The second kappa shape index (κ2) is 8.08. The van der Waals surface area contributed by atoms with Crippen LogP contribution in [-0.4, -0.2) is 37.6 Å². The standard InChI is InChI=1S/C14H32N2/c1-8-14(12(4)5)15-10-13(16(6)7)9-11(2)3/h11-15H,8-10H2,1-7H3. The van der Waals surface area contributed by atoms with Crippen molar-refractivity contribution in [2.45, 2.75) is 59.5 Å². The van der Waals surface area contributed by atoms with E-state index in [2.05, 4.69) is 58.9 Å². The van der Waals surface area contributed by atoms with Gasteiger partial charge in [0.25, 0.3) is 0 Å². The number of hydrogen-bond acceptors (Lipinski definition) is 2. The third kappa shape index (κ3) is 6.49. The molecule has 2 atom stereocenters. The predicted molar refractivity (Wildman–Crippen MR) is 73.8 cm³/mol. The maximum atomic E-state index is 3.71. The summed E-state index contributed by atoms with van der Waals surface area (Å²) in [5, 5.41) is 3.71. The molecule has 0 amide bonds. The maximum absolute atomic E-state index is 3.71. The molecule has 0 radical (unpaired) electrons. The molecule has 0 aliphatic carbocycles. The Hall–Kier alpha value is -0.0800. The van der Waals surface area contributed by atoms with Gasteiger partial charge in [-0.1, -0.05) is 34.6 Å². The van der Waals surface area contributed by atoms with E-state index >= 15 is 0 Å². The molecule has 0 fully saturated rings. The zero-order valence-corrected chi connectivity index (χ0v) is 12.4. The number of rotatable bonds is 8. The fourth-order valence-corrected chi connectivity index (χ4v) is 2.16. The van der Waals surface area contributed by atoms with Crippen LogP contribution in [-0.2, 0) is 0 Å². The lowest BCUT2D eigenvalue weighted by Gasteiger charge is -2.29. The van der Waals surface area contributed by atoms with Gasteiger partial charge in [-0.05, 0) is 38.8 Å². The Labute approximate surface area is 103 Å². The van der Waals surface area contributed by atoms with Crippen molar-refractivity contribution < 1.29 is 0 Å². The van der Waals surface area contributed by atoms with Crippen molar-refractivity contribution in [1.29, 1.82) is 0 Å². The van der Waals surface area contributed by atoms with E-state index in [1.54, 1.807) is 0 Å². The van der Waals surface area contributed by atoms with Crippen LogP contribution in [0.5, 0.6) is 0 Å². The van der Waals surface area contributed by atoms with Crippen LogP contribution in [0.15, 0.2) is 0 Å². The predicted octanol–water partition coefficient (Wildman–Crippen LogP) is 2.99. The molecule has 0 saturated heterocycles. The van der Waals surface area contributed by atoms with E-state index in [0.29, 0.717) is 12.1 Å². The molecule has 0 aliphatic rings. The first-order chi connectivity index (χ1) is 7.38. The van der Waals surface area contributed by atoms with Crippen LogP contribution >= 0.6 is 0 Å². The SMILES string of the molecule is CCC(NCC(CC(C)C)N(C)C)C(C)C. The minimum atomic E-state index is 0.660. The van der Waals surface area contributed by atoms with E-state index in [1.807, 2.05) is 0 Å². The molecule has 98 valence electrons. The van der Waals surface area contributed by atoms with Gasteiger partial charge in [-0.25, -0.2) is 0 Å². The molecule has 1 N–H and O–H groups in total. The van der Waals surface area contributed by atoms with Crippen LogP contribution in [0.25, 0.3) is 0 Å². The van der Waals surface area contributed by atoms with Gasteiger partial charge in [0, 0.05) is 18.6 Å². The quantitative estimate of drug-likeness (QED) is 0.687. The first-order valence-electron chi connectivity index (χ1n) is 6.78. The fraction of sp³-hybridized carbons (Fsp3) is 1.00. The first-order valence-corrected chi connectivity index (χ1v) is 6.78. The molecule has 2 unspecified atom stereocenters. The van der Waals surface area contributed by atoms with Crippen LogP contribution in [0.1, 0.15) is 47.5 Å². The van der Waals surface area contributed by atoms with E-state index in [0.717, 1.165) is 18.4 Å². The van der Waals surface area contributed by atoms with Crippen LogP contribution in [0, 0.1) is 11.8 Å². The monoisotopic (exact) mass is 228 g/mol. The number of likely N-dealkylation sites (N-methyl/N-ethyl adjacent to an activating group) is 1. The third-order valence-electron chi connectivity index (χ3n) is 3.33. The Balaban J connectivity index is 4.09. The van der Waals surface area contributed by atoms with Crippen LogP contribution in [0.3, 0.4) is 0 Å². The first kappa shape index (κ1) is 15.9. The highest BCUT2D eigenvalue weighted by Crippen LogP contribution is 2.10. The van der Waals surface area contributed by atoms with E-state index in [1.165, 1.54) is 12.8 Å². The van der Waals surface area contributed by atoms with E-state index in [4.69, 9.17) is 0 Å². The number of nitrogens with zero attached hydrogens (tertiary/aromatic N) is 1. The third-order valence-corrected chi connectivity index (χ3v) is 3.33. The maximum Gasteiger partial charge on any atom is 0.0217 e. The molecule has 0 saturated carbocycles. The lowest BCUT2D eigenvalue weighted by atomic mass is 9.99. The Morgan fingerprint density at radius 1 is 1.06 bits per heavy atom. The molecule has 16 heavy (non-hydrogen) atoms. The van der Waals surface area contributed by atoms with E-state index in [-0.39, 0.29) is 0 Å². The molecule has 0 rings (SSSR count). The fourth-order valence-electron chi connectivity index (χ4n) is 2.16. The van der Waals surface area contributed by atoms with Crippen molar-refractivity contribution in [2.24, 2.45) is 11.8 Å². The summed E-state index contributed by atoms with van der Waals surface area (Å²) < 4.78 is 0. The van der Waals surface area contributed by atoms with E-state index in [9.17, 15) is 0 Å². The topological polar surface area (TPSA) is 15.3 Å². The number of hydrogen-bond donors (Lipinski definition) is 1. The summed E-state index contributed by atoms with van der Waals surface area (Å²) in [6, 6.07) is 1.32. The summed E-state index contributed by atoms with van der Waals surface area (Å²) in [6.45, 7) is 12.6. The Morgan fingerprint density at radius 2 is 1.62 bits per heavy atom. The smallest absolute Gasteiger partial charge is 0.0217 e. The lowest BCUT2D eigenvalue weighted by molar-refractivity contribution is 0.231. The van der Waals surface area contributed by atoms with Crippen LogP contribution in [0.4, 0.5) is 0 Å². The van der Waals surface area contributed by atoms with Crippen molar-refractivity contribution in [3.8, 4) is 0 Å². The van der Waals surface area contributed by atoms with Gasteiger partial charge in [-0.3, -0.25) is 0 Å². The highest BCUT2D eigenvalue weighted by atomic mass is 15.1. The van der Waals surface area contributed by atoms with E-state index < -0.39 is 0 Å². The highest BCUT2D eigenvalue weighted by molar-refractivity contribution is 4.76. The van der Waals surface area contributed by atoms with Crippen LogP contribution < -0.4 is 5.32 Å². The molecule has 0 heterocycles. The minimum Gasteiger partial charge on any atom is -0.312 e. The molecule has 0 aromatic carbocycles. The molecule has 0 aliphatic heterocycles. The molecule has 0 spiro atoms. The molecule has 2 nitrogen and oxygen atoms in total. The average Bonchev–Trinajstić information content (AvgIpc) is 2.15. The summed E-state index contributed by atoms with van der Waals surface area (Å²) in [5.74, 6) is 1.50. The summed E-state index contributed by atoms with van der Waals surface area (Å²) in [6.07, 6.45) is 2.49. The van der Waals surface area contributed by atoms with Crippen LogP contribution in [0.2, 0.25) is 0 Å². The Bertz CT molecular complexity index is 164. The van der Waals surface area contributed by atoms with Crippen molar-refractivity contribution in [1.82, 2.24) is 10.2 Å². The molecule has 0 aromatic rings.